The molecule has 2 aliphatic carbocycles. The molecule has 5 heteroatoms. The third kappa shape index (κ3) is 11.7. The summed E-state index contributed by atoms with van der Waals surface area (Å²) in [6, 6.07) is 99.0. The number of rotatable bonds is 7. The standard InChI is InChI=1S/C108H109BN4/c1-101(2,3)72-34-48-92-82(60-72)83-61-73(102(4,5)6)35-49-93(83)112(92)78-42-46-90-96(64-78)110(76-38-28-66(29-39-76)69-32-44-86-88(56-69)107(17,18)54-52-105(86,13)14)98-58-71(81-27-23-25-68-24-21-22-26-80(68)81)59-99-100(98)109(90)91-47-43-79(113-94-50-36-74(103(7,8)9)62-84(94)85-63-75(104(10,11)12)37-51-95(85)113)65-97(91)111(99)77-40-30-67(31-41-77)70-33-45-87-89(57-70)108(19,20)55-53-106(87,15)16/h21-51,56-65H,52-55H2,1-20H3. The molecule has 0 unspecified atom stereocenters. The number of benzene rings is 13. The maximum atomic E-state index is 2.66. The van der Waals surface area contributed by atoms with Crippen LogP contribution in [0, 0.1) is 0 Å². The van der Waals surface area contributed by atoms with Crippen molar-refractivity contribution in [2.75, 3.05) is 9.80 Å². The highest BCUT2D eigenvalue weighted by Gasteiger charge is 2.46. The summed E-state index contributed by atoms with van der Waals surface area (Å²) in [4.78, 5) is 5.31. The predicted molar refractivity (Wildman–Crippen MR) is 488 cm³/mol. The van der Waals surface area contributed by atoms with Crippen molar-refractivity contribution in [2.45, 2.75) is 207 Å². The van der Waals surface area contributed by atoms with Gasteiger partial charge in [-0.25, -0.2) is 0 Å². The normalized spacial score (nSPS) is 16.2. The quantitative estimate of drug-likeness (QED) is 0.148. The van der Waals surface area contributed by atoms with Crippen molar-refractivity contribution in [2.24, 2.45) is 0 Å². The summed E-state index contributed by atoms with van der Waals surface area (Å²) >= 11 is 0. The van der Waals surface area contributed by atoms with Gasteiger partial charge in [0.15, 0.2) is 0 Å². The molecule has 4 heterocycles. The minimum Gasteiger partial charge on any atom is -0.311 e. The van der Waals surface area contributed by atoms with Crippen molar-refractivity contribution < 1.29 is 0 Å². The highest BCUT2D eigenvalue weighted by molar-refractivity contribution is 7.00. The van der Waals surface area contributed by atoms with E-state index in [1.807, 2.05) is 0 Å². The molecule has 2 aromatic heterocycles. The van der Waals surface area contributed by atoms with E-state index in [9.17, 15) is 0 Å². The zero-order chi connectivity index (χ0) is 78.9. The van der Waals surface area contributed by atoms with Crippen LogP contribution in [0.3, 0.4) is 0 Å². The lowest BCUT2D eigenvalue weighted by atomic mass is 9.33. The van der Waals surface area contributed by atoms with Crippen LogP contribution in [0.2, 0.25) is 0 Å². The van der Waals surface area contributed by atoms with Crippen LogP contribution in [0.1, 0.15) is 209 Å². The first-order chi connectivity index (χ1) is 53.5. The van der Waals surface area contributed by atoms with E-state index in [4.69, 9.17) is 0 Å². The highest BCUT2D eigenvalue weighted by atomic mass is 15.2. The van der Waals surface area contributed by atoms with Gasteiger partial charge in [-0.3, -0.25) is 0 Å². The average molecular weight is 1470 g/mol. The smallest absolute Gasteiger partial charge is 0.252 e. The summed E-state index contributed by atoms with van der Waals surface area (Å²) in [6.07, 6.45) is 4.70. The summed E-state index contributed by atoms with van der Waals surface area (Å²) in [6.45, 7) is 47.4. The number of aromatic nitrogens is 2. The fourth-order valence-corrected chi connectivity index (χ4v) is 20.0. The molecule has 4 aliphatic rings. The monoisotopic (exact) mass is 1470 g/mol. The fourth-order valence-electron chi connectivity index (χ4n) is 20.0. The molecule has 0 fully saturated rings. The molecule has 0 radical (unpaired) electrons. The molecular formula is C108H109BN4. The molecule has 564 valence electrons. The maximum absolute atomic E-state index is 2.66. The van der Waals surface area contributed by atoms with E-state index in [0.29, 0.717) is 0 Å². The van der Waals surface area contributed by atoms with Gasteiger partial charge < -0.3 is 18.9 Å². The predicted octanol–water partition coefficient (Wildman–Crippen LogP) is 28.0. The molecule has 19 rings (SSSR count). The zero-order valence-electron chi connectivity index (χ0n) is 70.4. The Hall–Kier alpha value is -10.6. The Labute approximate surface area is 671 Å². The van der Waals surface area contributed by atoms with E-state index in [-0.39, 0.29) is 50.0 Å². The Balaban J connectivity index is 0.899. The van der Waals surface area contributed by atoms with Crippen LogP contribution >= 0.6 is 0 Å². The van der Waals surface area contributed by atoms with E-state index >= 15 is 0 Å². The van der Waals surface area contributed by atoms with E-state index in [1.54, 1.807) is 0 Å². The van der Waals surface area contributed by atoms with Crippen molar-refractivity contribution in [1.29, 1.82) is 0 Å². The number of fused-ring (bicyclic) bond motifs is 13. The van der Waals surface area contributed by atoms with Gasteiger partial charge in [-0.2, -0.15) is 0 Å². The van der Waals surface area contributed by atoms with Crippen molar-refractivity contribution in [3.8, 4) is 44.8 Å². The lowest BCUT2D eigenvalue weighted by Gasteiger charge is -2.45. The highest BCUT2D eigenvalue weighted by Crippen LogP contribution is 2.53. The number of anilines is 6. The van der Waals surface area contributed by atoms with Gasteiger partial charge in [-0.15, -0.1) is 0 Å². The molecular weight excluding hydrogens is 1360 g/mol. The molecule has 0 saturated heterocycles. The number of nitrogens with zero attached hydrogens (tertiary/aromatic N) is 4. The van der Waals surface area contributed by atoms with Crippen LogP contribution in [-0.4, -0.2) is 15.8 Å². The van der Waals surface area contributed by atoms with Crippen LogP contribution in [-0.2, 0) is 43.3 Å². The first kappa shape index (κ1) is 72.6. The molecule has 113 heavy (non-hydrogen) atoms. The minimum absolute atomic E-state index is 0.0419. The van der Waals surface area contributed by atoms with Gasteiger partial charge in [0, 0.05) is 67.0 Å². The van der Waals surface area contributed by atoms with Gasteiger partial charge in [0.05, 0.1) is 22.1 Å². The summed E-state index contributed by atoms with van der Waals surface area (Å²) < 4.78 is 5.13. The Bertz CT molecular complexity index is 5970. The SMILES string of the molecule is CC(C)(C)c1ccc2c(c1)c1cc(C(C)(C)C)ccc1n2-c1ccc2c(c1)N(c1ccc(-c3ccc4c(c3)C(C)(C)CCC4(C)C)cc1)c1cc(-c3cccc4ccccc34)cc3c1B2c1ccc(-n2c4ccc(C(C)(C)C)cc4c4cc(C(C)(C)C)ccc42)cc1N3c1ccc(-c2ccc3c(c2)C(C)(C)CCC3(C)C)cc1. The molecule has 0 amide bonds. The second kappa shape index (κ2) is 24.9. The zero-order valence-corrected chi connectivity index (χ0v) is 70.4. The van der Waals surface area contributed by atoms with E-state index < -0.39 is 0 Å². The van der Waals surface area contributed by atoms with Gasteiger partial charge >= 0.3 is 0 Å². The lowest BCUT2D eigenvalue weighted by Crippen LogP contribution is -2.61. The number of hydrogen-bond donors (Lipinski definition) is 0. The van der Waals surface area contributed by atoms with Crippen LogP contribution in [0.5, 0.6) is 0 Å². The van der Waals surface area contributed by atoms with Crippen molar-refractivity contribution in [3.05, 3.63) is 293 Å². The average Bonchev–Trinajstić information content (AvgIpc) is 1.69. The number of hydrogen-bond acceptors (Lipinski definition) is 2. The van der Waals surface area contributed by atoms with E-state index in [1.165, 1.54) is 180 Å². The second-order valence-electron chi connectivity index (χ2n) is 40.8. The summed E-state index contributed by atoms with van der Waals surface area (Å²) in [5.41, 5.74) is 36.5. The summed E-state index contributed by atoms with van der Waals surface area (Å²) in [7, 11) is 0. The largest absolute Gasteiger partial charge is 0.311 e. The lowest BCUT2D eigenvalue weighted by molar-refractivity contribution is 0.332. The maximum Gasteiger partial charge on any atom is 0.252 e. The summed E-state index contributed by atoms with van der Waals surface area (Å²) in [5.74, 6) is 0. The van der Waals surface area contributed by atoms with Crippen molar-refractivity contribution >= 4 is 112 Å². The molecule has 0 bridgehead atoms. The second-order valence-corrected chi connectivity index (χ2v) is 40.8. The molecule has 0 N–H and O–H groups in total. The van der Waals surface area contributed by atoms with Crippen molar-refractivity contribution in [3.63, 3.8) is 0 Å². The molecule has 0 spiro atoms. The molecule has 4 nitrogen and oxygen atoms in total. The van der Waals surface area contributed by atoms with Crippen molar-refractivity contribution in [1.82, 2.24) is 9.13 Å². The topological polar surface area (TPSA) is 16.3 Å². The Kier molecular flexibility index (Phi) is 16.0. The third-order valence-corrected chi connectivity index (χ3v) is 27.3. The van der Waals surface area contributed by atoms with E-state index in [0.717, 1.165) is 39.7 Å². The van der Waals surface area contributed by atoms with Gasteiger partial charge in [0.1, 0.15) is 0 Å². The van der Waals surface area contributed by atoms with Gasteiger partial charge in [-0.1, -0.05) is 278 Å². The Morgan fingerprint density at radius 3 is 0.973 bits per heavy atom. The third-order valence-electron chi connectivity index (χ3n) is 27.3. The van der Waals surface area contributed by atoms with Gasteiger partial charge in [0.25, 0.3) is 6.71 Å². The first-order valence-corrected chi connectivity index (χ1v) is 41.7. The Morgan fingerprint density at radius 2 is 0.602 bits per heavy atom. The van der Waals surface area contributed by atoms with Crippen LogP contribution in [0.25, 0.3) is 99.1 Å². The molecule has 13 aromatic carbocycles. The van der Waals surface area contributed by atoms with Crippen LogP contribution in [0.15, 0.2) is 249 Å². The van der Waals surface area contributed by atoms with E-state index in [2.05, 4.69) is 406 Å². The van der Waals surface area contributed by atoms with Crippen LogP contribution in [0.4, 0.5) is 34.1 Å². The molecule has 0 saturated carbocycles. The molecule has 15 aromatic rings. The summed E-state index contributed by atoms with van der Waals surface area (Å²) in [5, 5.41) is 7.55. The molecule has 2 aliphatic heterocycles. The first-order valence-electron chi connectivity index (χ1n) is 41.7. The van der Waals surface area contributed by atoms with Gasteiger partial charge in [0.2, 0.25) is 0 Å². The Morgan fingerprint density at radius 1 is 0.265 bits per heavy atom. The van der Waals surface area contributed by atoms with Gasteiger partial charge in [-0.05, 0) is 283 Å². The molecule has 0 atom stereocenters. The minimum atomic E-state index is -0.185. The fraction of sp³-hybridized carbons (Fsp3) is 0.296. The van der Waals surface area contributed by atoms with Crippen LogP contribution < -0.4 is 26.2 Å².